The van der Waals surface area contributed by atoms with Crippen molar-refractivity contribution in [3.05, 3.63) is 53.8 Å². The molecule has 0 spiro atoms. The largest absolute Gasteiger partial charge is 0.494 e. The molecule has 154 valence electrons. The van der Waals surface area contributed by atoms with Gasteiger partial charge in [-0.3, -0.25) is 9.69 Å². The first-order chi connectivity index (χ1) is 14.2. The first-order valence-corrected chi connectivity index (χ1v) is 10.5. The number of piperazine rings is 1. The number of amides is 1. The number of unbranched alkanes of at least 4 members (excludes halogenated alkanes) is 1. The highest BCUT2D eigenvalue weighted by Gasteiger charge is 2.19. The molecule has 2 aromatic carbocycles. The summed E-state index contributed by atoms with van der Waals surface area (Å²) in [5.41, 5.74) is 2.76. The monoisotopic (exact) mass is 397 g/mol. The fourth-order valence-corrected chi connectivity index (χ4v) is 3.99. The minimum Gasteiger partial charge on any atom is -0.494 e. The van der Waals surface area contributed by atoms with Crippen LogP contribution in [0.25, 0.3) is 0 Å². The van der Waals surface area contributed by atoms with Gasteiger partial charge in [0.15, 0.2) is 0 Å². The second-order valence-electron chi connectivity index (χ2n) is 7.70. The van der Waals surface area contributed by atoms with E-state index < -0.39 is 0 Å². The van der Waals surface area contributed by atoms with E-state index in [0.29, 0.717) is 18.7 Å². The van der Waals surface area contributed by atoms with Crippen LogP contribution in [0.5, 0.6) is 5.75 Å². The van der Waals surface area contributed by atoms with Crippen LogP contribution in [0, 0.1) is 5.82 Å². The van der Waals surface area contributed by atoms with Gasteiger partial charge in [0.05, 0.1) is 12.3 Å². The Morgan fingerprint density at radius 1 is 1.00 bits per heavy atom. The molecule has 1 N–H and O–H groups in total. The molecule has 2 aromatic rings. The van der Waals surface area contributed by atoms with Gasteiger partial charge in [-0.05, 0) is 49.6 Å². The number of para-hydroxylation sites is 1. The maximum atomic E-state index is 13.9. The number of carbonyl (C=O) groups excluding carboxylic acids is 1. The van der Waals surface area contributed by atoms with E-state index in [0.717, 1.165) is 63.4 Å². The van der Waals surface area contributed by atoms with Crippen molar-refractivity contribution in [2.45, 2.75) is 25.7 Å². The molecule has 29 heavy (non-hydrogen) atoms. The van der Waals surface area contributed by atoms with Crippen molar-refractivity contribution in [2.24, 2.45) is 0 Å². The molecule has 2 aliphatic rings. The van der Waals surface area contributed by atoms with Crippen LogP contribution in [0.3, 0.4) is 0 Å². The van der Waals surface area contributed by atoms with Gasteiger partial charge < -0.3 is 15.0 Å². The number of hydrogen-bond acceptors (Lipinski definition) is 4. The first kappa shape index (κ1) is 19.7. The number of aryl methyl sites for hydroxylation is 1. The summed E-state index contributed by atoms with van der Waals surface area (Å²) in [6.45, 7) is 5.34. The van der Waals surface area contributed by atoms with Crippen molar-refractivity contribution in [3.8, 4) is 5.75 Å². The standard InChI is InChI=1S/C23H28FN3O2/c24-20-5-1-2-6-22(20)27-14-12-26(13-15-27)11-3-4-16-29-19-9-7-18-8-10-23(28)25-21(18)17-19/h1-2,5-7,9,17H,3-4,8,10-16H2,(H,25,28). The summed E-state index contributed by atoms with van der Waals surface area (Å²) in [5, 5.41) is 2.91. The third-order valence-corrected chi connectivity index (χ3v) is 5.68. The number of fused-ring (bicyclic) bond motifs is 1. The van der Waals surface area contributed by atoms with Gasteiger partial charge >= 0.3 is 0 Å². The van der Waals surface area contributed by atoms with E-state index in [-0.39, 0.29) is 11.7 Å². The Hall–Kier alpha value is -2.60. The van der Waals surface area contributed by atoms with Crippen LogP contribution in [-0.2, 0) is 11.2 Å². The molecule has 6 heteroatoms. The van der Waals surface area contributed by atoms with Crippen LogP contribution in [0.15, 0.2) is 42.5 Å². The summed E-state index contributed by atoms with van der Waals surface area (Å²) < 4.78 is 19.8. The zero-order valence-corrected chi connectivity index (χ0v) is 16.7. The summed E-state index contributed by atoms with van der Waals surface area (Å²) in [7, 11) is 0. The van der Waals surface area contributed by atoms with Crippen molar-refractivity contribution in [1.29, 1.82) is 0 Å². The Balaban J connectivity index is 1.14. The Bertz CT molecular complexity index is 850. The van der Waals surface area contributed by atoms with Gasteiger partial charge in [-0.2, -0.15) is 0 Å². The van der Waals surface area contributed by atoms with Crippen molar-refractivity contribution < 1.29 is 13.9 Å². The van der Waals surface area contributed by atoms with Gasteiger partial charge in [0.1, 0.15) is 11.6 Å². The molecule has 0 saturated carbocycles. The summed E-state index contributed by atoms with van der Waals surface area (Å²) in [5.74, 6) is 0.744. The lowest BCUT2D eigenvalue weighted by Crippen LogP contribution is -2.46. The zero-order valence-electron chi connectivity index (χ0n) is 16.7. The third-order valence-electron chi connectivity index (χ3n) is 5.68. The lowest BCUT2D eigenvalue weighted by atomic mass is 10.0. The van der Waals surface area contributed by atoms with Gasteiger partial charge in [0.2, 0.25) is 5.91 Å². The van der Waals surface area contributed by atoms with Gasteiger partial charge in [-0.15, -0.1) is 0 Å². The normalized spacial score (nSPS) is 17.0. The minimum absolute atomic E-state index is 0.0738. The first-order valence-electron chi connectivity index (χ1n) is 10.5. The fraction of sp³-hybridized carbons (Fsp3) is 0.435. The average Bonchev–Trinajstić information content (AvgIpc) is 2.74. The zero-order chi connectivity index (χ0) is 20.1. The van der Waals surface area contributed by atoms with Crippen LogP contribution in [0.1, 0.15) is 24.8 Å². The molecule has 0 unspecified atom stereocenters. The molecule has 2 heterocycles. The van der Waals surface area contributed by atoms with E-state index >= 15 is 0 Å². The topological polar surface area (TPSA) is 44.8 Å². The molecule has 0 radical (unpaired) electrons. The quantitative estimate of drug-likeness (QED) is 0.724. The maximum absolute atomic E-state index is 13.9. The van der Waals surface area contributed by atoms with E-state index in [1.165, 1.54) is 11.6 Å². The van der Waals surface area contributed by atoms with Gasteiger partial charge in [-0.25, -0.2) is 4.39 Å². The van der Waals surface area contributed by atoms with Crippen molar-refractivity contribution in [2.75, 3.05) is 49.5 Å². The van der Waals surface area contributed by atoms with Crippen LogP contribution in [0.2, 0.25) is 0 Å². The molecule has 0 atom stereocenters. The highest BCUT2D eigenvalue weighted by atomic mass is 19.1. The number of ether oxygens (including phenoxy) is 1. The molecule has 5 nitrogen and oxygen atoms in total. The molecular formula is C23H28FN3O2. The molecule has 1 amide bonds. The summed E-state index contributed by atoms with van der Waals surface area (Å²) in [6, 6.07) is 13.0. The lowest BCUT2D eigenvalue weighted by molar-refractivity contribution is -0.116. The van der Waals surface area contributed by atoms with Crippen LogP contribution in [-0.4, -0.2) is 50.1 Å². The summed E-state index contributed by atoms with van der Waals surface area (Å²) >= 11 is 0. The van der Waals surface area contributed by atoms with E-state index in [1.807, 2.05) is 30.3 Å². The van der Waals surface area contributed by atoms with Gasteiger partial charge in [0.25, 0.3) is 0 Å². The number of anilines is 2. The van der Waals surface area contributed by atoms with Crippen molar-refractivity contribution in [3.63, 3.8) is 0 Å². The highest BCUT2D eigenvalue weighted by Crippen LogP contribution is 2.27. The maximum Gasteiger partial charge on any atom is 0.224 e. The SMILES string of the molecule is O=C1CCc2ccc(OCCCCN3CCN(c4ccccc4F)CC3)cc2N1. The molecule has 0 aromatic heterocycles. The van der Waals surface area contributed by atoms with E-state index in [4.69, 9.17) is 4.74 Å². The van der Waals surface area contributed by atoms with Crippen molar-refractivity contribution in [1.82, 2.24) is 4.90 Å². The average molecular weight is 397 g/mol. The predicted molar refractivity (Wildman–Crippen MR) is 113 cm³/mol. The minimum atomic E-state index is -0.139. The molecule has 1 fully saturated rings. The number of nitrogens with zero attached hydrogens (tertiary/aromatic N) is 2. The van der Waals surface area contributed by atoms with Crippen molar-refractivity contribution >= 4 is 17.3 Å². The van der Waals surface area contributed by atoms with Crippen LogP contribution < -0.4 is 15.0 Å². The number of halogens is 1. The van der Waals surface area contributed by atoms with Crippen LogP contribution in [0.4, 0.5) is 15.8 Å². The Morgan fingerprint density at radius 3 is 2.66 bits per heavy atom. The van der Waals surface area contributed by atoms with Gasteiger partial charge in [0, 0.05) is 44.4 Å². The fourth-order valence-electron chi connectivity index (χ4n) is 3.99. The van der Waals surface area contributed by atoms with E-state index in [2.05, 4.69) is 15.1 Å². The third kappa shape index (κ3) is 5.07. The Labute approximate surface area is 171 Å². The number of carbonyl (C=O) groups is 1. The summed E-state index contributed by atoms with van der Waals surface area (Å²) in [4.78, 5) is 16.1. The number of hydrogen-bond donors (Lipinski definition) is 1. The Morgan fingerprint density at radius 2 is 1.83 bits per heavy atom. The molecule has 0 aliphatic carbocycles. The molecule has 4 rings (SSSR count). The van der Waals surface area contributed by atoms with Crippen LogP contribution >= 0.6 is 0 Å². The predicted octanol–water partition coefficient (Wildman–Crippen LogP) is 3.69. The number of rotatable bonds is 7. The summed E-state index contributed by atoms with van der Waals surface area (Å²) in [6.07, 6.45) is 3.41. The van der Waals surface area contributed by atoms with Gasteiger partial charge in [-0.1, -0.05) is 18.2 Å². The highest BCUT2D eigenvalue weighted by molar-refractivity contribution is 5.94. The molecule has 2 aliphatic heterocycles. The number of benzene rings is 2. The Kier molecular flexibility index (Phi) is 6.30. The smallest absolute Gasteiger partial charge is 0.224 e. The second kappa shape index (κ2) is 9.27. The second-order valence-corrected chi connectivity index (χ2v) is 7.70. The molecular weight excluding hydrogens is 369 g/mol. The molecule has 0 bridgehead atoms. The lowest BCUT2D eigenvalue weighted by Gasteiger charge is -2.36. The van der Waals surface area contributed by atoms with E-state index in [9.17, 15) is 9.18 Å². The van der Waals surface area contributed by atoms with E-state index in [1.54, 1.807) is 6.07 Å². The molecule has 1 saturated heterocycles. The number of nitrogens with one attached hydrogen (secondary N) is 1.